The molecule has 0 spiro atoms. The molecule has 0 nitrogen and oxygen atoms in total. The lowest BCUT2D eigenvalue weighted by Gasteiger charge is -2.27. The van der Waals surface area contributed by atoms with Gasteiger partial charge in [-0.15, -0.1) is 11.6 Å². The maximum Gasteiger partial charge on any atom is 0.0543 e. The van der Waals surface area contributed by atoms with E-state index in [1.165, 1.54) is 31.3 Å². The van der Waals surface area contributed by atoms with Crippen molar-refractivity contribution in [2.45, 2.75) is 85.9 Å². The van der Waals surface area contributed by atoms with Crippen LogP contribution in [-0.2, 0) is 0 Å². The maximum atomic E-state index is 6.65. The van der Waals surface area contributed by atoms with Gasteiger partial charge in [0.25, 0.3) is 0 Å². The molecule has 0 aliphatic carbocycles. The Morgan fingerprint density at radius 3 is 2.24 bits per heavy atom. The fraction of sp³-hybridized carbons (Fsp3) is 0.800. The zero-order valence-electron chi connectivity index (χ0n) is 15.4. The van der Waals surface area contributed by atoms with Crippen LogP contribution in [0.2, 0.25) is 0 Å². The van der Waals surface area contributed by atoms with Gasteiger partial charge in [0.05, 0.1) is 5.38 Å². The fourth-order valence-corrected chi connectivity index (χ4v) is 3.35. The van der Waals surface area contributed by atoms with E-state index < -0.39 is 0 Å². The summed E-state index contributed by atoms with van der Waals surface area (Å²) < 4.78 is 0. The van der Waals surface area contributed by atoms with E-state index in [1.54, 1.807) is 0 Å². The molecule has 0 fully saturated rings. The molecule has 0 aliphatic heterocycles. The van der Waals surface area contributed by atoms with Crippen LogP contribution in [0.15, 0.2) is 23.8 Å². The van der Waals surface area contributed by atoms with Crippen LogP contribution in [-0.4, -0.2) is 5.38 Å². The lowest BCUT2D eigenvalue weighted by atomic mass is 9.80. The van der Waals surface area contributed by atoms with Crippen LogP contribution in [0.5, 0.6) is 0 Å². The zero-order valence-corrected chi connectivity index (χ0v) is 16.1. The summed E-state index contributed by atoms with van der Waals surface area (Å²) in [5.41, 5.74) is 1.66. The quantitative estimate of drug-likeness (QED) is 0.291. The van der Waals surface area contributed by atoms with Crippen LogP contribution >= 0.6 is 11.6 Å². The summed E-state index contributed by atoms with van der Waals surface area (Å²) in [7, 11) is 0. The second kappa shape index (κ2) is 10.5. The highest BCUT2D eigenvalue weighted by molar-refractivity contribution is 6.22. The molecule has 0 aromatic carbocycles. The lowest BCUT2D eigenvalue weighted by Crippen LogP contribution is -2.16. The van der Waals surface area contributed by atoms with Crippen LogP contribution in [0.3, 0.4) is 0 Å². The predicted molar refractivity (Wildman–Crippen MR) is 99.1 cm³/mol. The minimum Gasteiger partial charge on any atom is -0.118 e. The molecule has 0 aliphatic rings. The molecular weight excluding hydrogens is 276 g/mol. The molecule has 0 N–H and O–H groups in total. The molecule has 0 saturated heterocycles. The number of alkyl halides is 1. The third kappa shape index (κ3) is 8.10. The van der Waals surface area contributed by atoms with Crippen molar-refractivity contribution in [1.82, 2.24) is 0 Å². The van der Waals surface area contributed by atoms with Crippen molar-refractivity contribution in [1.29, 1.82) is 0 Å². The molecule has 124 valence electrons. The van der Waals surface area contributed by atoms with E-state index in [4.69, 9.17) is 11.6 Å². The predicted octanol–water partition coefficient (Wildman–Crippen LogP) is 7.39. The van der Waals surface area contributed by atoms with E-state index >= 15 is 0 Å². The molecule has 0 amide bonds. The average Bonchev–Trinajstić information content (AvgIpc) is 2.42. The summed E-state index contributed by atoms with van der Waals surface area (Å²) in [6.07, 6.45) is 12.9. The Morgan fingerprint density at radius 2 is 1.81 bits per heavy atom. The SMILES string of the molecule is C/C=C/[C@](C)(CCC)CCC(Cl)/C(C)=C/C(CC)C(C)C. The van der Waals surface area contributed by atoms with E-state index in [0.717, 1.165) is 6.42 Å². The number of halogens is 1. The number of rotatable bonds is 10. The summed E-state index contributed by atoms with van der Waals surface area (Å²) in [4.78, 5) is 0. The Kier molecular flexibility index (Phi) is 10.4. The molecule has 0 aromatic heterocycles. The van der Waals surface area contributed by atoms with Crippen molar-refractivity contribution < 1.29 is 0 Å². The van der Waals surface area contributed by atoms with Gasteiger partial charge in [-0.25, -0.2) is 0 Å². The van der Waals surface area contributed by atoms with Gasteiger partial charge in [-0.3, -0.25) is 0 Å². The van der Waals surface area contributed by atoms with Crippen molar-refractivity contribution in [2.24, 2.45) is 17.3 Å². The average molecular weight is 313 g/mol. The molecule has 0 aromatic rings. The Labute approximate surface area is 139 Å². The molecule has 0 heterocycles. The standard InChI is InChI=1S/C20H37Cl/c1-8-12-20(7,13-9-2)14-11-19(21)17(6)15-18(10-3)16(4)5/h8,12,15-16,18-19H,9-11,13-14H2,1-7H3/b12-8+,17-15+/t18?,19?,20-/m1/s1. The van der Waals surface area contributed by atoms with Gasteiger partial charge in [-0.1, -0.05) is 64.8 Å². The van der Waals surface area contributed by atoms with Crippen molar-refractivity contribution in [3.8, 4) is 0 Å². The van der Waals surface area contributed by atoms with Crippen LogP contribution in [0.25, 0.3) is 0 Å². The van der Waals surface area contributed by atoms with Gasteiger partial charge in [0.1, 0.15) is 0 Å². The first-order valence-corrected chi connectivity index (χ1v) is 9.19. The van der Waals surface area contributed by atoms with Crippen LogP contribution < -0.4 is 0 Å². The number of allylic oxidation sites excluding steroid dienone is 4. The summed E-state index contributed by atoms with van der Waals surface area (Å²) in [5.74, 6) is 1.35. The summed E-state index contributed by atoms with van der Waals surface area (Å²) in [5, 5.41) is 0.180. The first-order valence-electron chi connectivity index (χ1n) is 8.75. The van der Waals surface area contributed by atoms with Crippen molar-refractivity contribution >= 4 is 11.6 Å². The van der Waals surface area contributed by atoms with E-state index in [1.807, 2.05) is 0 Å². The molecular formula is C20H37Cl. The third-order valence-corrected chi connectivity index (χ3v) is 5.22. The van der Waals surface area contributed by atoms with E-state index in [9.17, 15) is 0 Å². The summed E-state index contributed by atoms with van der Waals surface area (Å²) >= 11 is 6.65. The fourth-order valence-electron chi connectivity index (χ4n) is 3.17. The van der Waals surface area contributed by atoms with E-state index in [0.29, 0.717) is 17.3 Å². The molecule has 2 unspecified atom stereocenters. The second-order valence-electron chi connectivity index (χ2n) is 7.14. The van der Waals surface area contributed by atoms with Gasteiger partial charge in [-0.05, 0) is 56.8 Å². The summed E-state index contributed by atoms with van der Waals surface area (Å²) in [6, 6.07) is 0. The Balaban J connectivity index is 4.66. The highest BCUT2D eigenvalue weighted by Crippen LogP contribution is 2.33. The second-order valence-corrected chi connectivity index (χ2v) is 7.66. The van der Waals surface area contributed by atoms with Gasteiger partial charge in [-0.2, -0.15) is 0 Å². The van der Waals surface area contributed by atoms with Gasteiger partial charge < -0.3 is 0 Å². The highest BCUT2D eigenvalue weighted by atomic mass is 35.5. The lowest BCUT2D eigenvalue weighted by molar-refractivity contribution is 0.346. The molecule has 0 bridgehead atoms. The van der Waals surface area contributed by atoms with Crippen LogP contribution in [0.4, 0.5) is 0 Å². The summed E-state index contributed by atoms with van der Waals surface area (Å²) in [6.45, 7) is 15.8. The molecule has 0 radical (unpaired) electrons. The van der Waals surface area contributed by atoms with Crippen molar-refractivity contribution in [3.63, 3.8) is 0 Å². The molecule has 1 heteroatoms. The Hall–Kier alpha value is -0.230. The largest absolute Gasteiger partial charge is 0.118 e. The van der Waals surface area contributed by atoms with Gasteiger partial charge >= 0.3 is 0 Å². The highest BCUT2D eigenvalue weighted by Gasteiger charge is 2.21. The molecule has 3 atom stereocenters. The van der Waals surface area contributed by atoms with Crippen LogP contribution in [0, 0.1) is 17.3 Å². The van der Waals surface area contributed by atoms with E-state index in [2.05, 4.69) is 66.7 Å². The van der Waals surface area contributed by atoms with Crippen molar-refractivity contribution in [3.05, 3.63) is 23.8 Å². The van der Waals surface area contributed by atoms with Gasteiger partial charge in [0.2, 0.25) is 0 Å². The minimum absolute atomic E-state index is 0.180. The van der Waals surface area contributed by atoms with Crippen LogP contribution in [0.1, 0.15) is 80.6 Å². The smallest absolute Gasteiger partial charge is 0.0543 e. The normalized spacial score (nSPS) is 19.0. The Bertz CT molecular complexity index is 327. The zero-order chi connectivity index (χ0) is 16.5. The number of hydrogen-bond acceptors (Lipinski definition) is 0. The maximum absolute atomic E-state index is 6.65. The molecule has 21 heavy (non-hydrogen) atoms. The topological polar surface area (TPSA) is 0 Å². The first-order chi connectivity index (χ1) is 9.79. The third-order valence-electron chi connectivity index (χ3n) is 4.66. The molecule has 0 rings (SSSR count). The first kappa shape index (κ1) is 20.8. The number of hydrogen-bond donors (Lipinski definition) is 0. The van der Waals surface area contributed by atoms with Crippen molar-refractivity contribution in [2.75, 3.05) is 0 Å². The Morgan fingerprint density at radius 1 is 1.19 bits per heavy atom. The van der Waals surface area contributed by atoms with Gasteiger partial charge in [0, 0.05) is 0 Å². The van der Waals surface area contributed by atoms with Gasteiger partial charge in [0.15, 0.2) is 0 Å². The monoisotopic (exact) mass is 312 g/mol. The molecule has 0 saturated carbocycles. The minimum atomic E-state index is 0.180. The van der Waals surface area contributed by atoms with E-state index in [-0.39, 0.29) is 5.38 Å².